The highest BCUT2D eigenvalue weighted by atomic mass is 32.2. The van der Waals surface area contributed by atoms with Gasteiger partial charge in [0.05, 0.1) is 17.5 Å². The number of aromatic nitrogens is 2. The van der Waals surface area contributed by atoms with E-state index in [1.165, 1.54) is 6.26 Å². The molecule has 0 aliphatic carbocycles. The van der Waals surface area contributed by atoms with E-state index in [4.69, 9.17) is 0 Å². The van der Waals surface area contributed by atoms with E-state index in [1.54, 1.807) is 17.8 Å². The van der Waals surface area contributed by atoms with Gasteiger partial charge in [-0.15, -0.1) is 0 Å². The van der Waals surface area contributed by atoms with Gasteiger partial charge in [-0.3, -0.25) is 4.68 Å². The topological polar surface area (TPSA) is 64.0 Å². The van der Waals surface area contributed by atoms with Crippen molar-refractivity contribution in [1.82, 2.24) is 15.1 Å². The Morgan fingerprint density at radius 2 is 2.19 bits per heavy atom. The zero-order valence-electron chi connectivity index (χ0n) is 10.1. The first-order chi connectivity index (χ1) is 7.36. The Labute approximate surface area is 96.8 Å². The number of nitrogens with one attached hydrogen (secondary N) is 1. The second kappa shape index (κ2) is 4.97. The molecule has 0 aromatic carbocycles. The maximum Gasteiger partial charge on any atom is 0.151 e. The molecule has 1 rings (SSSR count). The quantitative estimate of drug-likeness (QED) is 0.820. The van der Waals surface area contributed by atoms with Crippen molar-refractivity contribution in [2.75, 3.05) is 12.8 Å². The highest BCUT2D eigenvalue weighted by Crippen LogP contribution is 2.20. The summed E-state index contributed by atoms with van der Waals surface area (Å²) < 4.78 is 24.8. The van der Waals surface area contributed by atoms with Gasteiger partial charge >= 0.3 is 0 Å². The van der Waals surface area contributed by atoms with Crippen molar-refractivity contribution in [3.63, 3.8) is 0 Å². The average molecular weight is 245 g/mol. The minimum atomic E-state index is -3.06. The first-order valence-corrected chi connectivity index (χ1v) is 7.22. The van der Waals surface area contributed by atoms with Gasteiger partial charge < -0.3 is 5.32 Å². The normalized spacial score (nSPS) is 16.0. The molecule has 1 aromatic heterocycles. The fourth-order valence-corrected chi connectivity index (χ4v) is 2.37. The number of nitrogens with zero attached hydrogens (tertiary/aromatic N) is 2. The SMILES string of the molecule is CCNC(c1cnn(C)c1)C(C)S(C)(=O)=O. The maximum atomic E-state index is 11.6. The molecule has 0 aliphatic heterocycles. The lowest BCUT2D eigenvalue weighted by atomic mass is 10.1. The molecule has 0 aliphatic rings. The first kappa shape index (κ1) is 13.2. The molecule has 0 fully saturated rings. The van der Waals surface area contributed by atoms with Crippen molar-refractivity contribution < 1.29 is 8.42 Å². The standard InChI is InChI=1S/C10H19N3O2S/c1-5-11-10(8(2)16(4,14)15)9-6-12-13(3)7-9/h6-8,10-11H,5H2,1-4H3. The zero-order chi connectivity index (χ0) is 12.3. The lowest BCUT2D eigenvalue weighted by Gasteiger charge is -2.22. The van der Waals surface area contributed by atoms with E-state index < -0.39 is 15.1 Å². The Morgan fingerprint density at radius 1 is 1.56 bits per heavy atom. The number of aryl methyl sites for hydroxylation is 1. The smallest absolute Gasteiger partial charge is 0.151 e. The Morgan fingerprint density at radius 3 is 2.56 bits per heavy atom. The predicted octanol–water partition coefficient (Wildman–Crippen LogP) is 0.504. The Bertz CT molecular complexity index is 439. The van der Waals surface area contributed by atoms with E-state index in [-0.39, 0.29) is 6.04 Å². The van der Waals surface area contributed by atoms with Crippen LogP contribution in [0.15, 0.2) is 12.4 Å². The highest BCUT2D eigenvalue weighted by molar-refractivity contribution is 7.91. The molecule has 0 amide bonds. The minimum Gasteiger partial charge on any atom is -0.309 e. The van der Waals surface area contributed by atoms with E-state index in [9.17, 15) is 8.42 Å². The third kappa shape index (κ3) is 3.05. The summed E-state index contributed by atoms with van der Waals surface area (Å²) in [5.74, 6) is 0. The molecular formula is C10H19N3O2S. The molecule has 2 atom stereocenters. The molecular weight excluding hydrogens is 226 g/mol. The van der Waals surface area contributed by atoms with Gasteiger partial charge in [-0.1, -0.05) is 6.92 Å². The molecule has 0 spiro atoms. The fraction of sp³-hybridized carbons (Fsp3) is 0.700. The molecule has 0 radical (unpaired) electrons. The van der Waals surface area contributed by atoms with Crippen molar-refractivity contribution in [3.05, 3.63) is 18.0 Å². The van der Waals surface area contributed by atoms with Crippen molar-refractivity contribution in [2.24, 2.45) is 7.05 Å². The maximum absolute atomic E-state index is 11.6. The Balaban J connectivity index is 3.00. The number of hydrogen-bond acceptors (Lipinski definition) is 4. The van der Waals surface area contributed by atoms with Gasteiger partial charge in [0.15, 0.2) is 9.84 Å². The predicted molar refractivity (Wildman–Crippen MR) is 63.9 cm³/mol. The summed E-state index contributed by atoms with van der Waals surface area (Å²) >= 11 is 0. The number of rotatable bonds is 5. The van der Waals surface area contributed by atoms with Gasteiger partial charge in [-0.05, 0) is 13.5 Å². The van der Waals surface area contributed by atoms with Crippen LogP contribution in [0.4, 0.5) is 0 Å². The van der Waals surface area contributed by atoms with Crippen molar-refractivity contribution in [1.29, 1.82) is 0 Å². The van der Waals surface area contributed by atoms with Crippen LogP contribution in [0, 0.1) is 0 Å². The lowest BCUT2D eigenvalue weighted by Crippen LogP contribution is -2.34. The average Bonchev–Trinajstić information content (AvgIpc) is 2.58. The fourth-order valence-electron chi connectivity index (χ4n) is 1.62. The van der Waals surface area contributed by atoms with Gasteiger partial charge in [0.25, 0.3) is 0 Å². The monoisotopic (exact) mass is 245 g/mol. The van der Waals surface area contributed by atoms with Crippen LogP contribution in [0.2, 0.25) is 0 Å². The Kier molecular flexibility index (Phi) is 4.09. The number of hydrogen-bond donors (Lipinski definition) is 1. The second-order valence-corrected chi connectivity index (χ2v) is 6.42. The van der Waals surface area contributed by atoms with E-state index >= 15 is 0 Å². The molecule has 92 valence electrons. The van der Waals surface area contributed by atoms with Crippen LogP contribution in [0.1, 0.15) is 25.5 Å². The zero-order valence-corrected chi connectivity index (χ0v) is 11.0. The van der Waals surface area contributed by atoms with E-state index in [1.807, 2.05) is 20.2 Å². The summed E-state index contributed by atoms with van der Waals surface area (Å²) in [7, 11) is -1.25. The van der Waals surface area contributed by atoms with Crippen LogP contribution in [0.5, 0.6) is 0 Å². The molecule has 16 heavy (non-hydrogen) atoms. The highest BCUT2D eigenvalue weighted by Gasteiger charge is 2.27. The van der Waals surface area contributed by atoms with E-state index in [2.05, 4.69) is 10.4 Å². The van der Waals surface area contributed by atoms with E-state index in [0.717, 1.165) is 12.1 Å². The van der Waals surface area contributed by atoms with Crippen molar-refractivity contribution >= 4 is 9.84 Å². The molecule has 5 nitrogen and oxygen atoms in total. The Hall–Kier alpha value is -0.880. The molecule has 1 aromatic rings. The third-order valence-electron chi connectivity index (χ3n) is 2.65. The van der Waals surface area contributed by atoms with Crippen LogP contribution in [0.25, 0.3) is 0 Å². The van der Waals surface area contributed by atoms with Crippen LogP contribution in [-0.2, 0) is 16.9 Å². The van der Waals surface area contributed by atoms with Crippen LogP contribution in [0.3, 0.4) is 0 Å². The minimum absolute atomic E-state index is 0.200. The van der Waals surface area contributed by atoms with Crippen LogP contribution >= 0.6 is 0 Å². The van der Waals surface area contributed by atoms with Gasteiger partial charge in [0.2, 0.25) is 0 Å². The summed E-state index contributed by atoms with van der Waals surface area (Å²) in [6, 6.07) is -0.200. The summed E-state index contributed by atoms with van der Waals surface area (Å²) in [5.41, 5.74) is 0.905. The number of sulfone groups is 1. The molecule has 6 heteroatoms. The second-order valence-electron chi connectivity index (χ2n) is 4.02. The van der Waals surface area contributed by atoms with E-state index in [0.29, 0.717) is 0 Å². The molecule has 1 heterocycles. The molecule has 0 bridgehead atoms. The van der Waals surface area contributed by atoms with Crippen molar-refractivity contribution in [2.45, 2.75) is 25.1 Å². The van der Waals surface area contributed by atoms with Crippen LogP contribution < -0.4 is 5.32 Å². The molecule has 1 N–H and O–H groups in total. The molecule has 0 saturated carbocycles. The summed E-state index contributed by atoms with van der Waals surface area (Å²) in [6.45, 7) is 4.40. The first-order valence-electron chi connectivity index (χ1n) is 5.27. The third-order valence-corrected chi connectivity index (χ3v) is 4.28. The van der Waals surface area contributed by atoms with Crippen LogP contribution in [-0.4, -0.2) is 36.2 Å². The van der Waals surface area contributed by atoms with Gasteiger partial charge in [0.1, 0.15) is 0 Å². The summed E-state index contributed by atoms with van der Waals surface area (Å²) in [4.78, 5) is 0. The largest absolute Gasteiger partial charge is 0.309 e. The van der Waals surface area contributed by atoms with Gasteiger partial charge in [-0.25, -0.2) is 8.42 Å². The van der Waals surface area contributed by atoms with Crippen molar-refractivity contribution in [3.8, 4) is 0 Å². The van der Waals surface area contributed by atoms with Gasteiger partial charge in [-0.2, -0.15) is 5.10 Å². The van der Waals surface area contributed by atoms with Gasteiger partial charge in [0, 0.05) is 25.1 Å². The summed E-state index contributed by atoms with van der Waals surface area (Å²) in [6.07, 6.45) is 4.81. The molecule has 0 saturated heterocycles. The molecule has 2 unspecified atom stereocenters. The lowest BCUT2D eigenvalue weighted by molar-refractivity contribution is 0.512. The summed E-state index contributed by atoms with van der Waals surface area (Å²) in [5, 5.41) is 6.79.